The Morgan fingerprint density at radius 2 is 1.96 bits per heavy atom. The largest absolute Gasteiger partial charge is 0.346 e. The number of piperazine rings is 1. The predicted octanol–water partition coefficient (Wildman–Crippen LogP) is 1.41. The number of carbonyl (C=O) groups is 1. The first kappa shape index (κ1) is 17.6. The minimum Gasteiger partial charge on any atom is -0.346 e. The Kier molecular flexibility index (Phi) is 5.12. The summed E-state index contributed by atoms with van der Waals surface area (Å²) in [5, 5.41) is 12.0. The molecule has 1 aliphatic rings. The van der Waals surface area contributed by atoms with E-state index in [1.807, 2.05) is 36.5 Å². The van der Waals surface area contributed by atoms with Crippen LogP contribution in [0.4, 0.5) is 5.13 Å². The molecule has 8 nitrogen and oxygen atoms in total. The highest BCUT2D eigenvalue weighted by atomic mass is 32.1. The molecule has 0 saturated carbocycles. The first-order chi connectivity index (χ1) is 13.2. The molecule has 4 rings (SSSR count). The van der Waals surface area contributed by atoms with Crippen LogP contribution in [0.3, 0.4) is 0 Å². The van der Waals surface area contributed by atoms with Crippen LogP contribution in [0.2, 0.25) is 0 Å². The SMILES string of the molecule is CN1CCN(c2ncc(C(=O)NCc3cn(-c4ccccc4)nn3)s2)CC1. The molecule has 1 N–H and O–H groups in total. The van der Waals surface area contributed by atoms with Gasteiger partial charge in [-0.25, -0.2) is 9.67 Å². The molecule has 3 heterocycles. The van der Waals surface area contributed by atoms with Gasteiger partial charge in [0.15, 0.2) is 5.13 Å². The normalized spacial score (nSPS) is 15.1. The van der Waals surface area contributed by atoms with Crippen molar-refractivity contribution in [3.8, 4) is 5.69 Å². The van der Waals surface area contributed by atoms with E-state index in [9.17, 15) is 4.79 Å². The van der Waals surface area contributed by atoms with Gasteiger partial charge >= 0.3 is 0 Å². The van der Waals surface area contributed by atoms with Crippen molar-refractivity contribution in [1.29, 1.82) is 0 Å². The van der Waals surface area contributed by atoms with Crippen molar-refractivity contribution in [2.75, 3.05) is 38.1 Å². The van der Waals surface area contributed by atoms with Crippen LogP contribution < -0.4 is 10.2 Å². The Morgan fingerprint density at radius 3 is 2.74 bits per heavy atom. The Morgan fingerprint density at radius 1 is 1.19 bits per heavy atom. The fourth-order valence-electron chi connectivity index (χ4n) is 2.86. The van der Waals surface area contributed by atoms with E-state index >= 15 is 0 Å². The summed E-state index contributed by atoms with van der Waals surface area (Å²) in [6.45, 7) is 4.23. The lowest BCUT2D eigenvalue weighted by molar-refractivity contribution is 0.0954. The van der Waals surface area contributed by atoms with E-state index in [2.05, 4.69) is 37.5 Å². The second-order valence-corrected chi connectivity index (χ2v) is 7.48. The second kappa shape index (κ2) is 7.85. The van der Waals surface area contributed by atoms with E-state index < -0.39 is 0 Å². The predicted molar refractivity (Wildman–Crippen MR) is 104 cm³/mol. The van der Waals surface area contributed by atoms with Crippen LogP contribution in [0.1, 0.15) is 15.4 Å². The van der Waals surface area contributed by atoms with E-state index in [1.165, 1.54) is 11.3 Å². The molecule has 0 unspecified atom stereocenters. The van der Waals surface area contributed by atoms with E-state index in [0.29, 0.717) is 17.1 Å². The number of rotatable bonds is 5. The summed E-state index contributed by atoms with van der Waals surface area (Å²) in [6.07, 6.45) is 3.46. The molecule has 2 aromatic heterocycles. The zero-order chi connectivity index (χ0) is 18.6. The minimum absolute atomic E-state index is 0.137. The van der Waals surface area contributed by atoms with Crippen molar-refractivity contribution in [3.05, 3.63) is 53.3 Å². The Balaban J connectivity index is 1.34. The number of carbonyl (C=O) groups excluding carboxylic acids is 1. The molecule has 3 aromatic rings. The van der Waals surface area contributed by atoms with Crippen molar-refractivity contribution in [2.45, 2.75) is 6.54 Å². The molecular formula is C18H21N7OS. The summed E-state index contributed by atoms with van der Waals surface area (Å²) >= 11 is 1.43. The van der Waals surface area contributed by atoms with Crippen LogP contribution in [-0.2, 0) is 6.54 Å². The van der Waals surface area contributed by atoms with E-state index in [1.54, 1.807) is 10.9 Å². The number of thiazole rings is 1. The third kappa shape index (κ3) is 4.15. The molecule has 0 bridgehead atoms. The first-order valence-corrected chi connectivity index (χ1v) is 9.65. The van der Waals surface area contributed by atoms with Gasteiger partial charge in [-0.3, -0.25) is 4.79 Å². The van der Waals surface area contributed by atoms with Gasteiger partial charge in [0.1, 0.15) is 10.6 Å². The molecule has 140 valence electrons. The van der Waals surface area contributed by atoms with E-state index in [0.717, 1.165) is 37.0 Å². The summed E-state index contributed by atoms with van der Waals surface area (Å²) in [5.74, 6) is -0.137. The van der Waals surface area contributed by atoms with Crippen LogP contribution in [0, 0.1) is 0 Å². The maximum absolute atomic E-state index is 12.4. The van der Waals surface area contributed by atoms with Gasteiger partial charge in [0, 0.05) is 26.2 Å². The van der Waals surface area contributed by atoms with Gasteiger partial charge in [-0.1, -0.05) is 34.7 Å². The number of para-hydroxylation sites is 1. The zero-order valence-electron chi connectivity index (χ0n) is 15.1. The number of nitrogens with zero attached hydrogens (tertiary/aromatic N) is 6. The monoisotopic (exact) mass is 383 g/mol. The van der Waals surface area contributed by atoms with Crippen LogP contribution in [0.15, 0.2) is 42.7 Å². The van der Waals surface area contributed by atoms with Crippen molar-refractivity contribution < 1.29 is 4.79 Å². The van der Waals surface area contributed by atoms with Crippen molar-refractivity contribution >= 4 is 22.4 Å². The summed E-state index contributed by atoms with van der Waals surface area (Å²) in [4.78, 5) is 22.0. The van der Waals surface area contributed by atoms with Crippen LogP contribution in [0.5, 0.6) is 0 Å². The van der Waals surface area contributed by atoms with Crippen molar-refractivity contribution in [1.82, 2.24) is 30.2 Å². The number of aromatic nitrogens is 4. The lowest BCUT2D eigenvalue weighted by Crippen LogP contribution is -2.44. The van der Waals surface area contributed by atoms with Gasteiger partial charge < -0.3 is 15.1 Å². The van der Waals surface area contributed by atoms with Crippen LogP contribution in [0.25, 0.3) is 5.69 Å². The molecule has 0 atom stereocenters. The van der Waals surface area contributed by atoms with Crippen LogP contribution >= 0.6 is 11.3 Å². The van der Waals surface area contributed by atoms with Gasteiger partial charge in [0.05, 0.1) is 24.6 Å². The summed E-state index contributed by atoms with van der Waals surface area (Å²) in [6, 6.07) is 9.75. The fraction of sp³-hybridized carbons (Fsp3) is 0.333. The molecule has 0 aliphatic carbocycles. The van der Waals surface area contributed by atoms with Gasteiger partial charge in [-0.2, -0.15) is 0 Å². The topological polar surface area (TPSA) is 79.2 Å². The molecule has 9 heteroatoms. The standard InChI is InChI=1S/C18H21N7OS/c1-23-7-9-24(10-8-23)18-20-12-16(27-18)17(26)19-11-14-13-25(22-21-14)15-5-3-2-4-6-15/h2-6,12-13H,7-11H2,1H3,(H,19,26). The maximum atomic E-state index is 12.4. The van der Waals surface area contributed by atoms with Gasteiger partial charge in [0.25, 0.3) is 5.91 Å². The molecular weight excluding hydrogens is 362 g/mol. The third-order valence-corrected chi connectivity index (χ3v) is 5.54. The lowest BCUT2D eigenvalue weighted by Gasteiger charge is -2.32. The highest BCUT2D eigenvalue weighted by Gasteiger charge is 2.19. The number of nitrogens with one attached hydrogen (secondary N) is 1. The zero-order valence-corrected chi connectivity index (χ0v) is 15.9. The smallest absolute Gasteiger partial charge is 0.263 e. The quantitative estimate of drug-likeness (QED) is 0.718. The molecule has 1 aliphatic heterocycles. The molecule has 27 heavy (non-hydrogen) atoms. The van der Waals surface area contributed by atoms with E-state index in [-0.39, 0.29) is 5.91 Å². The van der Waals surface area contributed by atoms with Crippen molar-refractivity contribution in [2.24, 2.45) is 0 Å². The summed E-state index contributed by atoms with van der Waals surface area (Å²) in [5.41, 5.74) is 1.64. The summed E-state index contributed by atoms with van der Waals surface area (Å²) < 4.78 is 1.69. The van der Waals surface area contributed by atoms with Gasteiger partial charge in [0.2, 0.25) is 0 Å². The Hall–Kier alpha value is -2.78. The number of anilines is 1. The number of benzene rings is 1. The molecule has 1 aromatic carbocycles. The second-order valence-electron chi connectivity index (χ2n) is 6.47. The maximum Gasteiger partial charge on any atom is 0.263 e. The average molecular weight is 383 g/mol. The number of hydrogen-bond donors (Lipinski definition) is 1. The molecule has 0 radical (unpaired) electrons. The molecule has 1 amide bonds. The van der Waals surface area contributed by atoms with Crippen LogP contribution in [-0.4, -0.2) is 64.0 Å². The minimum atomic E-state index is -0.137. The number of amides is 1. The first-order valence-electron chi connectivity index (χ1n) is 8.83. The highest BCUT2D eigenvalue weighted by molar-refractivity contribution is 7.17. The Labute approximate surface area is 161 Å². The van der Waals surface area contributed by atoms with Crippen molar-refractivity contribution in [3.63, 3.8) is 0 Å². The number of hydrogen-bond acceptors (Lipinski definition) is 7. The van der Waals surface area contributed by atoms with Gasteiger partial charge in [-0.15, -0.1) is 5.10 Å². The highest BCUT2D eigenvalue weighted by Crippen LogP contribution is 2.23. The molecule has 1 fully saturated rings. The molecule has 0 spiro atoms. The fourth-order valence-corrected chi connectivity index (χ4v) is 3.74. The van der Waals surface area contributed by atoms with E-state index in [4.69, 9.17) is 0 Å². The lowest BCUT2D eigenvalue weighted by atomic mass is 10.3. The number of likely N-dealkylation sites (N-methyl/N-ethyl adjacent to an activating group) is 1. The summed E-state index contributed by atoms with van der Waals surface area (Å²) in [7, 11) is 2.12. The average Bonchev–Trinajstić information content (AvgIpc) is 3.37. The third-order valence-electron chi connectivity index (χ3n) is 4.48. The van der Waals surface area contributed by atoms with Gasteiger partial charge in [-0.05, 0) is 19.2 Å². The Bertz CT molecular complexity index is 899. The molecule has 1 saturated heterocycles.